The molecule has 3 aromatic carbocycles. The van der Waals surface area contributed by atoms with Crippen molar-refractivity contribution in [3.63, 3.8) is 0 Å². The fourth-order valence-electron chi connectivity index (χ4n) is 2.83. The van der Waals surface area contributed by atoms with E-state index in [1.807, 2.05) is 72.8 Å². The van der Waals surface area contributed by atoms with Crippen LogP contribution in [-0.2, 0) is 17.8 Å². The highest BCUT2D eigenvalue weighted by molar-refractivity contribution is 5.92. The number of anilines is 2. The van der Waals surface area contributed by atoms with Gasteiger partial charge in [0.05, 0.1) is 20.6 Å². The fraction of sp³-hybridized carbons (Fsp3) is 0.174. The van der Waals surface area contributed by atoms with E-state index in [-0.39, 0.29) is 5.91 Å². The molecule has 0 saturated carbocycles. The van der Waals surface area contributed by atoms with Gasteiger partial charge >= 0.3 is 0 Å². The second-order valence-electron chi connectivity index (χ2n) is 6.36. The Kier molecular flexibility index (Phi) is 6.52. The molecule has 2 N–H and O–H groups in total. The molecule has 0 aliphatic heterocycles. The standard InChI is InChI=1S/C23H24N2O3/c1-27-21-12-18(13-22(15-21)28-2)16-24-19-10-8-17(9-11-19)14-23(26)25-20-6-4-3-5-7-20/h3-13,15,24H,14,16H2,1-2H3,(H,25,26). The van der Waals surface area contributed by atoms with Gasteiger partial charge in [-0.1, -0.05) is 30.3 Å². The molecule has 0 aliphatic rings. The quantitative estimate of drug-likeness (QED) is 0.608. The topological polar surface area (TPSA) is 59.6 Å². The van der Waals surface area contributed by atoms with Gasteiger partial charge in [-0.25, -0.2) is 0 Å². The second kappa shape index (κ2) is 9.46. The smallest absolute Gasteiger partial charge is 0.228 e. The lowest BCUT2D eigenvalue weighted by molar-refractivity contribution is -0.115. The van der Waals surface area contributed by atoms with Gasteiger partial charge in [-0.2, -0.15) is 0 Å². The van der Waals surface area contributed by atoms with Gasteiger partial charge in [0, 0.05) is 24.0 Å². The first-order valence-electron chi connectivity index (χ1n) is 9.06. The van der Waals surface area contributed by atoms with Gasteiger partial charge in [0.2, 0.25) is 5.91 Å². The number of carbonyl (C=O) groups is 1. The molecule has 0 unspecified atom stereocenters. The van der Waals surface area contributed by atoms with E-state index in [4.69, 9.17) is 9.47 Å². The van der Waals surface area contributed by atoms with Crippen LogP contribution in [-0.4, -0.2) is 20.1 Å². The number of nitrogens with one attached hydrogen (secondary N) is 2. The summed E-state index contributed by atoms with van der Waals surface area (Å²) in [6.45, 7) is 0.640. The van der Waals surface area contributed by atoms with Gasteiger partial charge in [0.1, 0.15) is 11.5 Å². The number of amides is 1. The Balaban J connectivity index is 1.55. The van der Waals surface area contributed by atoms with Crippen LogP contribution in [0.5, 0.6) is 11.5 Å². The largest absolute Gasteiger partial charge is 0.497 e. The van der Waals surface area contributed by atoms with E-state index in [2.05, 4.69) is 10.6 Å². The van der Waals surface area contributed by atoms with Crippen LogP contribution >= 0.6 is 0 Å². The first-order valence-corrected chi connectivity index (χ1v) is 9.06. The van der Waals surface area contributed by atoms with Gasteiger partial charge in [-0.05, 0) is 47.5 Å². The van der Waals surface area contributed by atoms with E-state index < -0.39 is 0 Å². The SMILES string of the molecule is COc1cc(CNc2ccc(CC(=O)Nc3ccccc3)cc2)cc(OC)c1. The number of hydrogen-bond acceptors (Lipinski definition) is 4. The zero-order chi connectivity index (χ0) is 19.8. The Morgan fingerprint density at radius 3 is 2.04 bits per heavy atom. The van der Waals surface area contributed by atoms with E-state index >= 15 is 0 Å². The number of benzene rings is 3. The predicted molar refractivity (Wildman–Crippen MR) is 112 cm³/mol. The Hall–Kier alpha value is -3.47. The van der Waals surface area contributed by atoms with Gasteiger partial charge in [-0.3, -0.25) is 4.79 Å². The number of ether oxygens (including phenoxy) is 2. The van der Waals surface area contributed by atoms with Crippen LogP contribution in [0.15, 0.2) is 72.8 Å². The normalized spacial score (nSPS) is 10.2. The van der Waals surface area contributed by atoms with Crippen molar-refractivity contribution in [3.8, 4) is 11.5 Å². The van der Waals surface area contributed by atoms with Gasteiger partial charge in [0.15, 0.2) is 0 Å². The van der Waals surface area contributed by atoms with E-state index in [1.165, 1.54) is 0 Å². The molecule has 0 spiro atoms. The molecule has 0 atom stereocenters. The van der Waals surface area contributed by atoms with Crippen molar-refractivity contribution in [3.05, 3.63) is 83.9 Å². The summed E-state index contributed by atoms with van der Waals surface area (Å²) in [6, 6.07) is 23.1. The molecule has 0 aliphatic carbocycles. The van der Waals surface area contributed by atoms with Crippen LogP contribution in [0, 0.1) is 0 Å². The van der Waals surface area contributed by atoms with Crippen molar-refractivity contribution < 1.29 is 14.3 Å². The van der Waals surface area contributed by atoms with E-state index in [0.29, 0.717) is 13.0 Å². The molecule has 1 amide bonds. The molecule has 28 heavy (non-hydrogen) atoms. The first-order chi connectivity index (χ1) is 13.7. The van der Waals surface area contributed by atoms with Crippen molar-refractivity contribution in [1.29, 1.82) is 0 Å². The minimum Gasteiger partial charge on any atom is -0.497 e. The summed E-state index contributed by atoms with van der Waals surface area (Å²) < 4.78 is 10.6. The fourth-order valence-corrected chi connectivity index (χ4v) is 2.83. The lowest BCUT2D eigenvalue weighted by Gasteiger charge is -2.11. The van der Waals surface area contributed by atoms with Crippen LogP contribution in [0.25, 0.3) is 0 Å². The highest BCUT2D eigenvalue weighted by Gasteiger charge is 2.05. The minimum absolute atomic E-state index is 0.0321. The third-order valence-electron chi connectivity index (χ3n) is 4.28. The van der Waals surface area contributed by atoms with Gasteiger partial charge in [0.25, 0.3) is 0 Å². The lowest BCUT2D eigenvalue weighted by atomic mass is 10.1. The molecule has 5 heteroatoms. The van der Waals surface area contributed by atoms with E-state index in [0.717, 1.165) is 34.0 Å². The van der Waals surface area contributed by atoms with Crippen molar-refractivity contribution >= 4 is 17.3 Å². The molecule has 0 fully saturated rings. The Bertz CT molecular complexity index is 887. The molecule has 0 bridgehead atoms. The summed E-state index contributed by atoms with van der Waals surface area (Å²) in [5.41, 5.74) is 3.80. The average Bonchev–Trinajstić information content (AvgIpc) is 2.73. The Morgan fingerprint density at radius 1 is 0.786 bits per heavy atom. The first kappa shape index (κ1) is 19.3. The lowest BCUT2D eigenvalue weighted by Crippen LogP contribution is -2.14. The van der Waals surface area contributed by atoms with Crippen molar-refractivity contribution in [2.24, 2.45) is 0 Å². The Morgan fingerprint density at radius 2 is 1.43 bits per heavy atom. The molecule has 144 valence electrons. The summed E-state index contributed by atoms with van der Waals surface area (Å²) in [5, 5.41) is 6.27. The van der Waals surface area contributed by atoms with Crippen molar-refractivity contribution in [2.45, 2.75) is 13.0 Å². The minimum atomic E-state index is -0.0321. The summed E-state index contributed by atoms with van der Waals surface area (Å²) in [4.78, 5) is 12.1. The number of rotatable bonds is 8. The molecule has 5 nitrogen and oxygen atoms in total. The highest BCUT2D eigenvalue weighted by Crippen LogP contribution is 2.23. The van der Waals surface area contributed by atoms with Crippen LogP contribution in [0.2, 0.25) is 0 Å². The van der Waals surface area contributed by atoms with Crippen LogP contribution < -0.4 is 20.1 Å². The van der Waals surface area contributed by atoms with E-state index in [9.17, 15) is 4.79 Å². The predicted octanol–water partition coefficient (Wildman–Crippen LogP) is 4.50. The van der Waals surface area contributed by atoms with Crippen molar-refractivity contribution in [2.75, 3.05) is 24.9 Å². The maximum absolute atomic E-state index is 12.1. The second-order valence-corrected chi connectivity index (χ2v) is 6.36. The number of hydrogen-bond donors (Lipinski definition) is 2. The van der Waals surface area contributed by atoms with Crippen molar-refractivity contribution in [1.82, 2.24) is 0 Å². The molecular weight excluding hydrogens is 352 g/mol. The number of carbonyl (C=O) groups excluding carboxylic acids is 1. The number of methoxy groups -OCH3 is 2. The Labute approximate surface area is 165 Å². The average molecular weight is 376 g/mol. The molecule has 0 saturated heterocycles. The van der Waals surface area contributed by atoms with Crippen LogP contribution in [0.4, 0.5) is 11.4 Å². The third kappa shape index (κ3) is 5.51. The molecule has 3 aromatic rings. The summed E-state index contributed by atoms with van der Waals surface area (Å²) in [6.07, 6.45) is 0.336. The van der Waals surface area contributed by atoms with Crippen LogP contribution in [0.1, 0.15) is 11.1 Å². The molecule has 0 aromatic heterocycles. The third-order valence-corrected chi connectivity index (χ3v) is 4.28. The summed E-state index contributed by atoms with van der Waals surface area (Å²) >= 11 is 0. The maximum Gasteiger partial charge on any atom is 0.228 e. The molecule has 0 heterocycles. The monoisotopic (exact) mass is 376 g/mol. The van der Waals surface area contributed by atoms with Gasteiger partial charge < -0.3 is 20.1 Å². The molecular formula is C23H24N2O3. The van der Waals surface area contributed by atoms with E-state index in [1.54, 1.807) is 14.2 Å². The maximum atomic E-state index is 12.1. The summed E-state index contributed by atoms with van der Waals surface area (Å²) in [7, 11) is 3.28. The van der Waals surface area contributed by atoms with Crippen LogP contribution in [0.3, 0.4) is 0 Å². The highest BCUT2D eigenvalue weighted by atomic mass is 16.5. The zero-order valence-corrected chi connectivity index (χ0v) is 16.1. The zero-order valence-electron chi connectivity index (χ0n) is 16.1. The van der Waals surface area contributed by atoms with Gasteiger partial charge in [-0.15, -0.1) is 0 Å². The molecule has 3 rings (SSSR count). The molecule has 0 radical (unpaired) electrons. The number of para-hydroxylation sites is 1. The summed E-state index contributed by atoms with van der Waals surface area (Å²) in [5.74, 6) is 1.49.